The second kappa shape index (κ2) is 6.04. The van der Waals surface area contributed by atoms with Crippen molar-refractivity contribution in [1.29, 1.82) is 0 Å². The Morgan fingerprint density at radius 3 is 2.19 bits per heavy atom. The number of rotatable bonds is 3. The summed E-state index contributed by atoms with van der Waals surface area (Å²) in [5.41, 5.74) is 6.91. The van der Waals surface area contributed by atoms with Crippen LogP contribution in [0.15, 0.2) is 39.7 Å². The molecule has 3 N–H and O–H groups in total. The van der Waals surface area contributed by atoms with Crippen molar-refractivity contribution in [3.05, 3.63) is 50.4 Å². The zero-order valence-corrected chi connectivity index (χ0v) is 14.7. The van der Waals surface area contributed by atoms with Crippen molar-refractivity contribution >= 4 is 60.5 Å². The number of nitrogens with two attached hydrogens (primary N) is 1. The standard InChI is InChI=1S/C13H11BrCl2N2O2S/c1-7-2-9(17)6-10(3-7)21(19,20)18-13-11(15)4-8(14)5-12(13)16/h2-6,18H,17H2,1H3. The van der Waals surface area contributed by atoms with Gasteiger partial charge in [0, 0.05) is 10.2 Å². The summed E-state index contributed by atoms with van der Waals surface area (Å²) in [6, 6.07) is 7.67. The fourth-order valence-corrected chi connectivity index (χ4v) is 4.42. The van der Waals surface area contributed by atoms with Gasteiger partial charge in [-0.3, -0.25) is 4.72 Å². The topological polar surface area (TPSA) is 72.2 Å². The van der Waals surface area contributed by atoms with Crippen LogP contribution in [0.3, 0.4) is 0 Å². The number of halogens is 3. The quantitative estimate of drug-likeness (QED) is 0.735. The van der Waals surface area contributed by atoms with Crippen molar-refractivity contribution < 1.29 is 8.42 Å². The predicted molar refractivity (Wildman–Crippen MR) is 90.6 cm³/mol. The summed E-state index contributed by atoms with van der Waals surface area (Å²) >= 11 is 15.3. The summed E-state index contributed by atoms with van der Waals surface area (Å²) in [7, 11) is -3.83. The molecule has 112 valence electrons. The summed E-state index contributed by atoms with van der Waals surface area (Å²) in [6.07, 6.45) is 0. The van der Waals surface area contributed by atoms with E-state index in [0.717, 1.165) is 5.56 Å². The third-order valence-corrected chi connectivity index (χ3v) is 5.01. The van der Waals surface area contributed by atoms with E-state index in [-0.39, 0.29) is 20.6 Å². The summed E-state index contributed by atoms with van der Waals surface area (Å²) in [5, 5.41) is 0.386. The molecule has 0 aliphatic heterocycles. The fraction of sp³-hybridized carbons (Fsp3) is 0.0769. The van der Waals surface area contributed by atoms with Gasteiger partial charge in [-0.1, -0.05) is 39.1 Å². The Morgan fingerprint density at radius 2 is 1.67 bits per heavy atom. The zero-order chi connectivity index (χ0) is 15.8. The van der Waals surface area contributed by atoms with Gasteiger partial charge in [-0.2, -0.15) is 0 Å². The molecule has 0 aliphatic carbocycles. The smallest absolute Gasteiger partial charge is 0.262 e. The van der Waals surface area contributed by atoms with Gasteiger partial charge in [0.25, 0.3) is 10.0 Å². The molecule has 0 unspecified atom stereocenters. The maximum Gasteiger partial charge on any atom is 0.262 e. The Kier molecular flexibility index (Phi) is 4.72. The van der Waals surface area contributed by atoms with Gasteiger partial charge >= 0.3 is 0 Å². The number of sulfonamides is 1. The van der Waals surface area contributed by atoms with Crippen LogP contribution in [0.2, 0.25) is 10.0 Å². The summed E-state index contributed by atoms with van der Waals surface area (Å²) in [4.78, 5) is 0.0510. The first-order valence-electron chi connectivity index (χ1n) is 5.73. The fourth-order valence-electron chi connectivity index (χ4n) is 1.76. The van der Waals surface area contributed by atoms with Gasteiger partial charge in [-0.25, -0.2) is 8.42 Å². The lowest BCUT2D eigenvalue weighted by atomic mass is 10.2. The van der Waals surface area contributed by atoms with E-state index in [1.807, 2.05) is 0 Å². The highest BCUT2D eigenvalue weighted by atomic mass is 79.9. The van der Waals surface area contributed by atoms with Crippen LogP contribution in [-0.4, -0.2) is 8.42 Å². The third kappa shape index (κ3) is 3.83. The molecule has 4 nitrogen and oxygen atoms in total. The zero-order valence-electron chi connectivity index (χ0n) is 10.8. The van der Waals surface area contributed by atoms with Gasteiger partial charge in [0.1, 0.15) is 0 Å². The first-order chi connectivity index (χ1) is 9.69. The van der Waals surface area contributed by atoms with Crippen LogP contribution in [0, 0.1) is 6.92 Å². The van der Waals surface area contributed by atoms with Crippen molar-refractivity contribution in [2.75, 3.05) is 10.5 Å². The van der Waals surface area contributed by atoms with Crippen LogP contribution in [0.1, 0.15) is 5.56 Å². The molecule has 0 heterocycles. The van der Waals surface area contributed by atoms with Gasteiger partial charge in [0.15, 0.2) is 0 Å². The van der Waals surface area contributed by atoms with Crippen LogP contribution < -0.4 is 10.5 Å². The first-order valence-corrected chi connectivity index (χ1v) is 8.77. The van der Waals surface area contributed by atoms with Crippen molar-refractivity contribution in [3.63, 3.8) is 0 Å². The van der Waals surface area contributed by atoms with Gasteiger partial charge in [0.2, 0.25) is 0 Å². The Hall–Kier alpha value is -0.950. The molecule has 0 atom stereocenters. The van der Waals surface area contributed by atoms with Crippen molar-refractivity contribution in [1.82, 2.24) is 0 Å². The maximum atomic E-state index is 12.4. The normalized spacial score (nSPS) is 11.4. The largest absolute Gasteiger partial charge is 0.399 e. The minimum Gasteiger partial charge on any atom is -0.399 e. The number of benzene rings is 2. The number of nitrogen functional groups attached to an aromatic ring is 1. The molecule has 0 amide bonds. The molecule has 2 aromatic rings. The number of nitrogens with one attached hydrogen (secondary N) is 1. The molecule has 0 aromatic heterocycles. The molecule has 0 aliphatic rings. The number of hydrogen-bond acceptors (Lipinski definition) is 3. The minimum absolute atomic E-state index is 0.0510. The van der Waals surface area contributed by atoms with Crippen LogP contribution in [-0.2, 0) is 10.0 Å². The SMILES string of the molecule is Cc1cc(N)cc(S(=O)(=O)Nc2c(Cl)cc(Br)cc2Cl)c1. The minimum atomic E-state index is -3.83. The summed E-state index contributed by atoms with van der Waals surface area (Å²) < 4.78 is 27.8. The predicted octanol–water partition coefficient (Wildman–Crippen LogP) is 4.45. The van der Waals surface area contributed by atoms with Crippen molar-refractivity contribution in [3.8, 4) is 0 Å². The van der Waals surface area contributed by atoms with E-state index in [1.54, 1.807) is 25.1 Å². The lowest BCUT2D eigenvalue weighted by molar-refractivity contribution is 0.601. The van der Waals surface area contributed by atoms with Crippen LogP contribution >= 0.6 is 39.1 Å². The molecule has 8 heteroatoms. The second-order valence-corrected chi connectivity index (χ2v) is 7.84. The molecule has 0 fully saturated rings. The Bertz CT molecular complexity index is 767. The van der Waals surface area contributed by atoms with E-state index < -0.39 is 10.0 Å². The molecular formula is C13H11BrCl2N2O2S. The van der Waals surface area contributed by atoms with Gasteiger partial charge in [-0.05, 0) is 42.8 Å². The maximum absolute atomic E-state index is 12.4. The average molecular weight is 410 g/mol. The van der Waals surface area contributed by atoms with Crippen molar-refractivity contribution in [2.45, 2.75) is 11.8 Å². The van der Waals surface area contributed by atoms with Gasteiger partial charge in [0.05, 0.1) is 20.6 Å². The monoisotopic (exact) mass is 408 g/mol. The van der Waals surface area contributed by atoms with E-state index in [0.29, 0.717) is 10.2 Å². The Morgan fingerprint density at radius 1 is 1.10 bits per heavy atom. The van der Waals surface area contributed by atoms with E-state index in [9.17, 15) is 8.42 Å². The molecule has 0 spiro atoms. The number of aryl methyl sites for hydroxylation is 1. The summed E-state index contributed by atoms with van der Waals surface area (Å²) in [5.74, 6) is 0. The highest BCUT2D eigenvalue weighted by molar-refractivity contribution is 9.10. The third-order valence-electron chi connectivity index (χ3n) is 2.63. The molecule has 0 saturated heterocycles. The van der Waals surface area contributed by atoms with Gasteiger partial charge in [-0.15, -0.1) is 0 Å². The van der Waals surface area contributed by atoms with Crippen molar-refractivity contribution in [2.24, 2.45) is 0 Å². The molecular weight excluding hydrogens is 399 g/mol. The number of hydrogen-bond donors (Lipinski definition) is 2. The molecule has 2 aromatic carbocycles. The van der Waals surface area contributed by atoms with Crippen LogP contribution in [0.5, 0.6) is 0 Å². The van der Waals surface area contributed by atoms with Gasteiger partial charge < -0.3 is 5.73 Å². The van der Waals surface area contributed by atoms with Crippen LogP contribution in [0.25, 0.3) is 0 Å². The van der Waals surface area contributed by atoms with E-state index >= 15 is 0 Å². The van der Waals surface area contributed by atoms with E-state index in [2.05, 4.69) is 20.7 Å². The Balaban J connectivity index is 2.47. The van der Waals surface area contributed by atoms with E-state index in [4.69, 9.17) is 28.9 Å². The molecule has 21 heavy (non-hydrogen) atoms. The Labute approximate surface area is 141 Å². The lowest BCUT2D eigenvalue weighted by Gasteiger charge is -2.12. The molecule has 0 saturated carbocycles. The molecule has 2 rings (SSSR count). The van der Waals surface area contributed by atoms with E-state index in [1.165, 1.54) is 12.1 Å². The summed E-state index contributed by atoms with van der Waals surface area (Å²) in [6.45, 7) is 1.76. The first kappa shape index (κ1) is 16.4. The highest BCUT2D eigenvalue weighted by Crippen LogP contribution is 2.35. The lowest BCUT2D eigenvalue weighted by Crippen LogP contribution is -2.14. The highest BCUT2D eigenvalue weighted by Gasteiger charge is 2.19. The molecule has 0 bridgehead atoms. The average Bonchev–Trinajstić information content (AvgIpc) is 2.32. The second-order valence-electron chi connectivity index (χ2n) is 4.43. The number of anilines is 2. The van der Waals surface area contributed by atoms with Crippen LogP contribution in [0.4, 0.5) is 11.4 Å². The molecule has 0 radical (unpaired) electrons.